The van der Waals surface area contributed by atoms with Gasteiger partial charge in [0.1, 0.15) is 0 Å². The Hall–Kier alpha value is -0.200. The van der Waals surface area contributed by atoms with Crippen molar-refractivity contribution in [1.29, 1.82) is 0 Å². The van der Waals surface area contributed by atoms with Gasteiger partial charge in [-0.2, -0.15) is 0 Å². The van der Waals surface area contributed by atoms with E-state index in [0.29, 0.717) is 0 Å². The second-order valence-corrected chi connectivity index (χ2v) is 10.4. The van der Waals surface area contributed by atoms with Gasteiger partial charge in [0.2, 0.25) is 0 Å². The van der Waals surface area contributed by atoms with E-state index < -0.39 is 0 Å². The van der Waals surface area contributed by atoms with Crippen molar-refractivity contribution in [3.05, 3.63) is 0 Å². The van der Waals surface area contributed by atoms with Gasteiger partial charge >= 0.3 is 0 Å². The Labute approximate surface area is 189 Å². The van der Waals surface area contributed by atoms with Crippen LogP contribution in [0.25, 0.3) is 0 Å². The van der Waals surface area contributed by atoms with Crippen molar-refractivity contribution in [2.24, 2.45) is 5.92 Å². The first-order valence-electron chi connectivity index (χ1n) is 12.7. The molecule has 4 aliphatic heterocycles. The lowest BCUT2D eigenvalue weighted by atomic mass is 10.00. The van der Waals surface area contributed by atoms with E-state index in [9.17, 15) is 0 Å². The maximum Gasteiger partial charge on any atom is 0.0107 e. The van der Waals surface area contributed by atoms with E-state index >= 15 is 0 Å². The summed E-state index contributed by atoms with van der Waals surface area (Å²) in [6, 6.07) is 0.847. The minimum Gasteiger partial charge on any atom is -0.306 e. The zero-order chi connectivity index (χ0) is 22.4. The highest BCUT2D eigenvalue weighted by Crippen LogP contribution is 2.13. The number of rotatable bonds is 0. The average Bonchev–Trinajstić information content (AvgIpc) is 3.11. The van der Waals surface area contributed by atoms with Crippen molar-refractivity contribution in [2.45, 2.75) is 64.8 Å². The summed E-state index contributed by atoms with van der Waals surface area (Å²) in [5, 5.41) is 0. The molecule has 1 unspecified atom stereocenters. The lowest BCUT2D eigenvalue weighted by Gasteiger charge is -2.28. The van der Waals surface area contributed by atoms with Crippen molar-refractivity contribution in [3.8, 4) is 0 Å². The fraction of sp³-hybridized carbons (Fsp3) is 1.00. The summed E-state index contributed by atoms with van der Waals surface area (Å²) in [5.74, 6) is 0.978. The minimum atomic E-state index is 0.847. The molecule has 30 heavy (non-hydrogen) atoms. The Morgan fingerprint density at radius 3 is 1.13 bits per heavy atom. The largest absolute Gasteiger partial charge is 0.306 e. The molecule has 0 N–H and O–H groups in total. The highest BCUT2D eigenvalue weighted by Gasteiger charge is 2.14. The first-order valence-corrected chi connectivity index (χ1v) is 12.7. The van der Waals surface area contributed by atoms with E-state index in [2.05, 4.69) is 73.6 Å². The Kier molecular flexibility index (Phi) is 15.2. The predicted octanol–water partition coefficient (Wildman–Crippen LogP) is 3.41. The summed E-state index contributed by atoms with van der Waals surface area (Å²) in [5.41, 5.74) is 0. The topological polar surface area (TPSA) is 16.2 Å². The fourth-order valence-corrected chi connectivity index (χ4v) is 4.17. The molecular weight excluding hydrogens is 370 g/mol. The standard InChI is InChI=1S/C7H15N.C6H14N2.2C6H13N/c2*1-7-3-5-8(2)6-4-7;1-6-4-3-5-7(6)2;1-7-5-3-2-4-6-7/h7H,3-6H2,1-2H3;3-6H2,1-2H3;6H,3-5H2,1-2H3;2-6H2,1H3. The van der Waals surface area contributed by atoms with E-state index in [0.717, 1.165) is 12.0 Å². The van der Waals surface area contributed by atoms with Gasteiger partial charge in [0.15, 0.2) is 0 Å². The van der Waals surface area contributed by atoms with E-state index in [1.165, 1.54) is 104 Å². The monoisotopic (exact) mass is 425 g/mol. The third-order valence-corrected chi connectivity index (χ3v) is 7.20. The SMILES string of the molecule is CC1CCCN1C.CC1CCN(C)CC1.CN1CCCCC1.CN1CCN(C)CC1. The molecule has 180 valence electrons. The molecule has 0 saturated carbocycles. The molecule has 0 aliphatic carbocycles. The molecule has 4 aliphatic rings. The van der Waals surface area contributed by atoms with E-state index in [1.807, 2.05) is 0 Å². The highest BCUT2D eigenvalue weighted by molar-refractivity contribution is 4.70. The Balaban J connectivity index is 0.000000200. The van der Waals surface area contributed by atoms with Crippen LogP contribution in [0.3, 0.4) is 0 Å². The predicted molar refractivity (Wildman–Crippen MR) is 134 cm³/mol. The normalized spacial score (nSPS) is 27.9. The maximum absolute atomic E-state index is 2.40. The second kappa shape index (κ2) is 16.4. The number of piperazine rings is 1. The first-order chi connectivity index (χ1) is 14.3. The van der Waals surface area contributed by atoms with Crippen LogP contribution in [-0.2, 0) is 0 Å². The van der Waals surface area contributed by atoms with Gasteiger partial charge in [-0.05, 0) is 119 Å². The van der Waals surface area contributed by atoms with Crippen molar-refractivity contribution in [2.75, 3.05) is 94.1 Å². The van der Waals surface area contributed by atoms with Crippen LogP contribution < -0.4 is 0 Å². The maximum atomic E-state index is 2.40. The van der Waals surface area contributed by atoms with Crippen LogP contribution in [0.5, 0.6) is 0 Å². The zero-order valence-corrected chi connectivity index (χ0v) is 21.7. The molecule has 0 radical (unpaired) electrons. The second-order valence-electron chi connectivity index (χ2n) is 10.4. The van der Waals surface area contributed by atoms with Gasteiger partial charge in [0.05, 0.1) is 0 Å². The summed E-state index contributed by atoms with van der Waals surface area (Å²) in [6.45, 7) is 16.1. The summed E-state index contributed by atoms with van der Waals surface area (Å²) < 4.78 is 0. The molecular formula is C25H55N5. The number of hydrogen-bond acceptors (Lipinski definition) is 5. The van der Waals surface area contributed by atoms with Crippen molar-refractivity contribution in [1.82, 2.24) is 24.5 Å². The molecule has 0 bridgehead atoms. The van der Waals surface area contributed by atoms with Gasteiger partial charge in [-0.3, -0.25) is 0 Å². The van der Waals surface area contributed by atoms with Crippen LogP contribution >= 0.6 is 0 Å². The molecule has 0 aromatic heterocycles. The summed E-state index contributed by atoms with van der Waals surface area (Å²) in [7, 11) is 10.9. The molecule has 0 aromatic rings. The average molecular weight is 426 g/mol. The summed E-state index contributed by atoms with van der Waals surface area (Å²) >= 11 is 0. The summed E-state index contributed by atoms with van der Waals surface area (Å²) in [4.78, 5) is 11.9. The van der Waals surface area contributed by atoms with E-state index in [-0.39, 0.29) is 0 Å². The van der Waals surface area contributed by atoms with E-state index in [4.69, 9.17) is 0 Å². The molecule has 4 saturated heterocycles. The van der Waals surface area contributed by atoms with Crippen molar-refractivity contribution >= 4 is 0 Å². The number of hydrogen-bond donors (Lipinski definition) is 0. The molecule has 0 aromatic carbocycles. The highest BCUT2D eigenvalue weighted by atomic mass is 15.2. The number of likely N-dealkylation sites (N-methyl/N-ethyl adjacent to an activating group) is 2. The van der Waals surface area contributed by atoms with Gasteiger partial charge in [-0.25, -0.2) is 0 Å². The van der Waals surface area contributed by atoms with Crippen molar-refractivity contribution in [3.63, 3.8) is 0 Å². The molecule has 1 atom stereocenters. The molecule has 4 heterocycles. The number of likely N-dealkylation sites (tertiary alicyclic amines) is 3. The van der Waals surface area contributed by atoms with Crippen LogP contribution in [-0.4, -0.2) is 125 Å². The van der Waals surface area contributed by atoms with Gasteiger partial charge in [0, 0.05) is 32.2 Å². The smallest absolute Gasteiger partial charge is 0.0107 e. The molecule has 5 nitrogen and oxygen atoms in total. The lowest BCUT2D eigenvalue weighted by molar-refractivity contribution is 0.181. The molecule has 5 heteroatoms. The first kappa shape index (κ1) is 27.8. The Morgan fingerprint density at radius 1 is 0.433 bits per heavy atom. The fourth-order valence-electron chi connectivity index (χ4n) is 4.17. The van der Waals surface area contributed by atoms with Gasteiger partial charge < -0.3 is 24.5 Å². The summed E-state index contributed by atoms with van der Waals surface area (Å²) in [6.07, 6.45) is 9.87. The number of nitrogens with zero attached hydrogens (tertiary/aromatic N) is 5. The van der Waals surface area contributed by atoms with Gasteiger partial charge in [-0.15, -0.1) is 0 Å². The zero-order valence-electron chi connectivity index (χ0n) is 21.7. The molecule has 4 rings (SSSR count). The van der Waals surface area contributed by atoms with Crippen LogP contribution in [0, 0.1) is 5.92 Å². The third-order valence-electron chi connectivity index (χ3n) is 7.20. The third kappa shape index (κ3) is 14.0. The Morgan fingerprint density at radius 2 is 0.867 bits per heavy atom. The van der Waals surface area contributed by atoms with Crippen LogP contribution in [0.15, 0.2) is 0 Å². The minimum absolute atomic E-state index is 0.847. The van der Waals surface area contributed by atoms with Crippen LogP contribution in [0.4, 0.5) is 0 Å². The molecule has 0 amide bonds. The van der Waals surface area contributed by atoms with Gasteiger partial charge in [-0.1, -0.05) is 13.3 Å². The quantitative estimate of drug-likeness (QED) is 0.589. The molecule has 4 fully saturated rings. The lowest BCUT2D eigenvalue weighted by Crippen LogP contribution is -2.42. The Bertz CT molecular complexity index is 335. The molecule has 0 spiro atoms. The van der Waals surface area contributed by atoms with Gasteiger partial charge in [0.25, 0.3) is 0 Å². The van der Waals surface area contributed by atoms with Crippen LogP contribution in [0.2, 0.25) is 0 Å². The van der Waals surface area contributed by atoms with E-state index in [1.54, 1.807) is 0 Å². The number of piperidine rings is 2. The van der Waals surface area contributed by atoms with Crippen molar-refractivity contribution < 1.29 is 0 Å². The van der Waals surface area contributed by atoms with Crippen LogP contribution in [0.1, 0.15) is 58.8 Å².